The molecule has 0 bridgehead atoms. The minimum absolute atomic E-state index is 0.00359. The molecule has 4 atom stereocenters. The Balaban J connectivity index is 1.41. The zero-order valence-electron chi connectivity index (χ0n) is 31.3. The number of phenols is 1. The molecule has 304 valence electrons. The zero-order chi connectivity index (χ0) is 40.8. The van der Waals surface area contributed by atoms with Crippen LogP contribution in [-0.2, 0) is 46.7 Å². The van der Waals surface area contributed by atoms with Crippen molar-refractivity contribution in [3.05, 3.63) is 102 Å². The van der Waals surface area contributed by atoms with Crippen LogP contribution in [0.25, 0.3) is 0 Å². The third-order valence-electron chi connectivity index (χ3n) is 9.63. The number of amides is 3. The first kappa shape index (κ1) is 44.0. The first-order valence-corrected chi connectivity index (χ1v) is 22.4. The fourth-order valence-corrected chi connectivity index (χ4v) is 9.99. The van der Waals surface area contributed by atoms with Crippen LogP contribution in [0.2, 0.25) is 0 Å². The predicted molar refractivity (Wildman–Crippen MR) is 209 cm³/mol. The summed E-state index contributed by atoms with van der Waals surface area (Å²) in [7, 11) is -8.12. The van der Waals surface area contributed by atoms with Crippen LogP contribution >= 0.6 is 7.37 Å². The van der Waals surface area contributed by atoms with Crippen LogP contribution in [0.3, 0.4) is 0 Å². The van der Waals surface area contributed by atoms with Gasteiger partial charge >= 0.3 is 12.1 Å². The molecule has 1 aliphatic rings. The molecule has 0 spiro atoms. The van der Waals surface area contributed by atoms with Crippen LogP contribution in [0, 0.1) is 5.41 Å². The van der Waals surface area contributed by atoms with Crippen LogP contribution in [0.4, 0.5) is 4.79 Å². The highest BCUT2D eigenvalue weighted by Gasteiger charge is 2.47. The lowest BCUT2D eigenvalue weighted by molar-refractivity contribution is -0.143. The van der Waals surface area contributed by atoms with Crippen molar-refractivity contribution in [3.63, 3.8) is 0 Å². The number of hydrogen-bond acceptors (Lipinski definition) is 9. The van der Waals surface area contributed by atoms with E-state index < -0.39 is 77.1 Å². The second kappa shape index (κ2) is 20.4. The highest BCUT2D eigenvalue weighted by Crippen LogP contribution is 2.54. The van der Waals surface area contributed by atoms with Gasteiger partial charge in [-0.1, -0.05) is 85.6 Å². The summed E-state index contributed by atoms with van der Waals surface area (Å²) in [6.45, 7) is 0.304. The van der Waals surface area contributed by atoms with Gasteiger partial charge in [0.2, 0.25) is 29.2 Å². The minimum atomic E-state index is -4.26. The number of nitrogens with one attached hydrogen (secondary N) is 4. The second-order valence-electron chi connectivity index (χ2n) is 14.3. The van der Waals surface area contributed by atoms with Gasteiger partial charge in [-0.15, -0.1) is 0 Å². The molecule has 15 nitrogen and oxygen atoms in total. The van der Waals surface area contributed by atoms with Gasteiger partial charge in [-0.25, -0.2) is 22.7 Å². The third kappa shape index (κ3) is 14.4. The van der Waals surface area contributed by atoms with Crippen molar-refractivity contribution in [2.45, 2.75) is 76.1 Å². The van der Waals surface area contributed by atoms with E-state index in [1.165, 1.54) is 12.1 Å². The quantitative estimate of drug-likeness (QED) is 0.0594. The molecule has 3 aromatic rings. The lowest BCUT2D eigenvalue weighted by atomic mass is 9.87. The molecule has 3 aromatic carbocycles. The Kier molecular flexibility index (Phi) is 16.0. The Morgan fingerprint density at radius 2 is 1.48 bits per heavy atom. The Bertz CT molecular complexity index is 1930. The minimum Gasteiger partial charge on any atom is -0.508 e. The molecule has 7 N–H and O–H groups in total. The fourth-order valence-electron chi connectivity index (χ4n) is 6.84. The van der Waals surface area contributed by atoms with Crippen molar-refractivity contribution < 1.29 is 52.0 Å². The van der Waals surface area contributed by atoms with Crippen molar-refractivity contribution in [3.8, 4) is 5.75 Å². The molecule has 56 heavy (non-hydrogen) atoms. The van der Waals surface area contributed by atoms with Gasteiger partial charge in [0.05, 0.1) is 17.7 Å². The molecular formula is C39H51N4O11PS. The summed E-state index contributed by atoms with van der Waals surface area (Å²) >= 11 is 0. The monoisotopic (exact) mass is 814 g/mol. The van der Waals surface area contributed by atoms with Gasteiger partial charge in [-0.05, 0) is 60.9 Å². The first-order chi connectivity index (χ1) is 26.5. The number of sulfonamides is 1. The Labute approximate surface area is 327 Å². The number of hydrogen-bond donors (Lipinski definition) is 7. The van der Waals surface area contributed by atoms with E-state index in [1.54, 1.807) is 42.5 Å². The van der Waals surface area contributed by atoms with E-state index in [1.807, 2.05) is 30.3 Å². The summed E-state index contributed by atoms with van der Waals surface area (Å²) in [5.41, 5.74) is 0.534. The summed E-state index contributed by atoms with van der Waals surface area (Å²) in [5, 5.41) is 27.5. The summed E-state index contributed by atoms with van der Waals surface area (Å²) < 4.78 is 46.3. The van der Waals surface area contributed by atoms with Gasteiger partial charge in [0.25, 0.3) is 0 Å². The molecule has 0 radical (unpaired) electrons. The number of carboxylic acids is 1. The number of ether oxygens (including phenoxy) is 1. The van der Waals surface area contributed by atoms with Gasteiger partial charge in [0, 0.05) is 25.3 Å². The van der Waals surface area contributed by atoms with E-state index in [0.717, 1.165) is 11.8 Å². The summed E-state index contributed by atoms with van der Waals surface area (Å²) in [4.78, 5) is 63.4. The van der Waals surface area contributed by atoms with Crippen LogP contribution in [-0.4, -0.2) is 84.6 Å². The molecule has 1 saturated carbocycles. The molecule has 0 heterocycles. The maximum atomic E-state index is 14.1. The van der Waals surface area contributed by atoms with Crippen LogP contribution in [0.15, 0.2) is 84.9 Å². The van der Waals surface area contributed by atoms with E-state index >= 15 is 0 Å². The maximum Gasteiger partial charge on any atom is 0.407 e. The van der Waals surface area contributed by atoms with Crippen LogP contribution in [0.1, 0.15) is 67.7 Å². The molecule has 3 amide bonds. The van der Waals surface area contributed by atoms with E-state index in [4.69, 9.17) is 4.74 Å². The normalized spacial score (nSPS) is 16.4. The average molecular weight is 815 g/mol. The van der Waals surface area contributed by atoms with Crippen molar-refractivity contribution in [1.29, 1.82) is 0 Å². The molecular weight excluding hydrogens is 763 g/mol. The van der Waals surface area contributed by atoms with E-state index in [0.29, 0.717) is 36.8 Å². The Morgan fingerprint density at radius 3 is 2.09 bits per heavy atom. The molecule has 0 aliphatic heterocycles. The molecule has 1 unspecified atom stereocenters. The lowest BCUT2D eigenvalue weighted by Crippen LogP contribution is -2.50. The van der Waals surface area contributed by atoms with E-state index in [2.05, 4.69) is 20.7 Å². The SMILES string of the molecule is CS(=O)(=O)N[C@@H](CCCCNC(=O)OCc1ccccc1)C(=O)N[C@H](CP(=O)(O)CC1(C(=O)N[C@@H](Cc2ccc(O)cc2)C(=O)O)CCCC1)c1ccccc1. The highest BCUT2D eigenvalue weighted by molar-refractivity contribution is 7.88. The summed E-state index contributed by atoms with van der Waals surface area (Å²) in [6.07, 6.45) is 1.76. The van der Waals surface area contributed by atoms with Crippen molar-refractivity contribution in [2.75, 3.05) is 25.1 Å². The van der Waals surface area contributed by atoms with Crippen LogP contribution < -0.4 is 20.7 Å². The molecule has 0 aromatic heterocycles. The predicted octanol–water partition coefficient (Wildman–Crippen LogP) is 4.21. The third-order valence-corrected chi connectivity index (χ3v) is 12.4. The lowest BCUT2D eigenvalue weighted by Gasteiger charge is -2.32. The molecule has 4 rings (SSSR count). The average Bonchev–Trinajstić information content (AvgIpc) is 3.62. The largest absolute Gasteiger partial charge is 0.508 e. The summed E-state index contributed by atoms with van der Waals surface area (Å²) in [5.74, 6) is -2.66. The van der Waals surface area contributed by atoms with Crippen molar-refractivity contribution in [2.24, 2.45) is 5.41 Å². The highest BCUT2D eigenvalue weighted by atomic mass is 32.2. The van der Waals surface area contributed by atoms with Gasteiger partial charge in [-0.3, -0.25) is 14.2 Å². The molecule has 17 heteroatoms. The topological polar surface area (TPSA) is 238 Å². The number of aromatic hydroxyl groups is 1. The van der Waals surface area contributed by atoms with E-state index in [-0.39, 0.29) is 44.6 Å². The Hall–Kier alpha value is -4.76. The number of aliphatic carboxylic acids is 1. The fraction of sp³-hybridized carbons (Fsp3) is 0.436. The van der Waals surface area contributed by atoms with Crippen molar-refractivity contribution in [1.82, 2.24) is 20.7 Å². The smallest absolute Gasteiger partial charge is 0.407 e. The van der Waals surface area contributed by atoms with Gasteiger partial charge in [0.1, 0.15) is 24.4 Å². The van der Waals surface area contributed by atoms with Gasteiger partial charge in [-0.2, -0.15) is 0 Å². The molecule has 1 fully saturated rings. The maximum absolute atomic E-state index is 14.1. The number of phenolic OH excluding ortho intramolecular Hbond substituents is 1. The number of alkyl carbamates (subject to hydrolysis) is 1. The zero-order valence-corrected chi connectivity index (χ0v) is 33.0. The number of carbonyl (C=O) groups is 4. The van der Waals surface area contributed by atoms with Crippen LogP contribution in [0.5, 0.6) is 5.75 Å². The number of carboxylic acid groups (broad SMARTS) is 1. The van der Waals surface area contributed by atoms with E-state index in [9.17, 15) is 47.3 Å². The number of carbonyl (C=O) groups excluding carboxylic acids is 3. The van der Waals surface area contributed by atoms with Gasteiger partial charge in [0.15, 0.2) is 0 Å². The number of unbranched alkanes of at least 4 members (excludes halogenated alkanes) is 1. The van der Waals surface area contributed by atoms with Gasteiger partial charge < -0.3 is 35.8 Å². The Morgan fingerprint density at radius 1 is 0.857 bits per heavy atom. The van der Waals surface area contributed by atoms with Crippen molar-refractivity contribution >= 4 is 41.3 Å². The number of benzene rings is 3. The first-order valence-electron chi connectivity index (χ1n) is 18.4. The summed E-state index contributed by atoms with van der Waals surface area (Å²) in [6, 6.07) is 19.8. The number of rotatable bonds is 21. The standard InChI is InChI=1S/C39H51N4O11PS/c1-56(52,53)43-32(16-8-11-23-40-38(49)54-25-29-12-4-2-5-13-29)35(45)41-34(30-14-6-3-7-15-30)26-55(50,51)27-39(21-9-10-22-39)37(48)42-33(36(46)47)24-28-17-19-31(44)20-18-28/h2-7,12-15,17-20,32-34,43-44H,8-11,16,21-27H2,1H3,(H,40,49)(H,41,45)(H,42,48)(H,46,47)(H,50,51)/t32-,33-,34+/m0/s1. The molecule has 1 aliphatic carbocycles. The second-order valence-corrected chi connectivity index (χ2v) is 18.5. The molecule has 0 saturated heterocycles.